The number of carbonyl (C=O) groups excluding carboxylic acids is 1. The van der Waals surface area contributed by atoms with Gasteiger partial charge in [-0.3, -0.25) is 0 Å². The molecule has 0 fully saturated rings. The Hall–Kier alpha value is -1.78. The molecule has 1 amide bonds. The minimum absolute atomic E-state index is 0.297. The number of ether oxygens (including phenoxy) is 2. The lowest BCUT2D eigenvalue weighted by Gasteiger charge is -2.19. The van der Waals surface area contributed by atoms with E-state index in [4.69, 9.17) is 9.47 Å². The van der Waals surface area contributed by atoms with E-state index in [0.29, 0.717) is 18.9 Å². The molecule has 18 heavy (non-hydrogen) atoms. The molecule has 4 nitrogen and oxygen atoms in total. The molecule has 0 bridgehead atoms. The smallest absolute Gasteiger partial charge is 0.407 e. The number of benzene rings is 1. The van der Waals surface area contributed by atoms with Crippen molar-refractivity contribution in [1.29, 1.82) is 0 Å². The van der Waals surface area contributed by atoms with Gasteiger partial charge in [0.15, 0.2) is 0 Å². The van der Waals surface area contributed by atoms with E-state index in [1.165, 1.54) is 24.3 Å². The maximum absolute atomic E-state index is 12.6. The molecule has 0 aromatic heterocycles. The fourth-order valence-corrected chi connectivity index (χ4v) is 1.17. The summed E-state index contributed by atoms with van der Waals surface area (Å²) in [6.07, 6.45) is -0.481. The Bertz CT molecular complexity index is 384. The minimum Gasteiger partial charge on any atom is -0.492 e. The molecule has 1 N–H and O–H groups in total. The zero-order valence-electron chi connectivity index (χ0n) is 10.8. The Balaban J connectivity index is 2.19. The first-order valence-corrected chi connectivity index (χ1v) is 5.72. The lowest BCUT2D eigenvalue weighted by atomic mass is 10.2. The molecule has 1 aromatic rings. The highest BCUT2D eigenvalue weighted by atomic mass is 19.1. The topological polar surface area (TPSA) is 47.6 Å². The fourth-order valence-electron chi connectivity index (χ4n) is 1.17. The van der Waals surface area contributed by atoms with Gasteiger partial charge in [-0.1, -0.05) is 0 Å². The maximum Gasteiger partial charge on any atom is 0.407 e. The second-order valence-corrected chi connectivity index (χ2v) is 4.73. The van der Waals surface area contributed by atoms with Crippen LogP contribution < -0.4 is 10.1 Å². The van der Waals surface area contributed by atoms with Crippen molar-refractivity contribution in [3.8, 4) is 5.75 Å². The highest BCUT2D eigenvalue weighted by molar-refractivity contribution is 5.67. The molecule has 0 aliphatic rings. The summed E-state index contributed by atoms with van der Waals surface area (Å²) in [5, 5.41) is 2.56. The molecule has 1 aromatic carbocycles. The number of rotatable bonds is 4. The van der Waals surface area contributed by atoms with Crippen LogP contribution in [0.3, 0.4) is 0 Å². The van der Waals surface area contributed by atoms with E-state index >= 15 is 0 Å². The number of carbonyl (C=O) groups is 1. The molecule has 100 valence electrons. The van der Waals surface area contributed by atoms with Crippen LogP contribution in [0.5, 0.6) is 5.75 Å². The third-order valence-corrected chi connectivity index (χ3v) is 1.85. The Labute approximate surface area is 106 Å². The van der Waals surface area contributed by atoms with Crippen molar-refractivity contribution >= 4 is 6.09 Å². The van der Waals surface area contributed by atoms with Crippen molar-refractivity contribution in [3.05, 3.63) is 30.1 Å². The largest absolute Gasteiger partial charge is 0.492 e. The van der Waals surface area contributed by atoms with Gasteiger partial charge >= 0.3 is 6.09 Å². The molecular weight excluding hydrogens is 237 g/mol. The van der Waals surface area contributed by atoms with Crippen LogP contribution in [-0.2, 0) is 4.74 Å². The molecule has 0 saturated heterocycles. The summed E-state index contributed by atoms with van der Waals surface area (Å²) in [7, 11) is 0. The average molecular weight is 255 g/mol. The van der Waals surface area contributed by atoms with Crippen LogP contribution in [0.1, 0.15) is 20.8 Å². The Morgan fingerprint density at radius 1 is 1.28 bits per heavy atom. The third-order valence-electron chi connectivity index (χ3n) is 1.85. The van der Waals surface area contributed by atoms with Gasteiger partial charge in [0, 0.05) is 0 Å². The van der Waals surface area contributed by atoms with E-state index in [1.807, 2.05) is 0 Å². The monoisotopic (exact) mass is 255 g/mol. The van der Waals surface area contributed by atoms with Crippen LogP contribution >= 0.6 is 0 Å². The number of amides is 1. The van der Waals surface area contributed by atoms with Gasteiger partial charge in [0.2, 0.25) is 0 Å². The predicted octanol–water partition coefficient (Wildman–Crippen LogP) is 2.73. The maximum atomic E-state index is 12.6. The Kier molecular flexibility index (Phi) is 4.95. The summed E-state index contributed by atoms with van der Waals surface area (Å²) in [6, 6.07) is 5.69. The quantitative estimate of drug-likeness (QED) is 0.841. The zero-order valence-corrected chi connectivity index (χ0v) is 10.8. The van der Waals surface area contributed by atoms with Gasteiger partial charge in [-0.15, -0.1) is 0 Å². The van der Waals surface area contributed by atoms with Gasteiger partial charge in [-0.25, -0.2) is 9.18 Å². The molecule has 0 saturated carbocycles. The van der Waals surface area contributed by atoms with Crippen molar-refractivity contribution in [2.75, 3.05) is 13.2 Å². The van der Waals surface area contributed by atoms with Crippen LogP contribution in [-0.4, -0.2) is 24.8 Å². The average Bonchev–Trinajstić information content (AvgIpc) is 2.24. The highest BCUT2D eigenvalue weighted by Gasteiger charge is 2.15. The van der Waals surface area contributed by atoms with E-state index < -0.39 is 11.7 Å². The molecule has 0 heterocycles. The summed E-state index contributed by atoms with van der Waals surface area (Å²) in [6.45, 7) is 6.00. The predicted molar refractivity (Wildman–Crippen MR) is 66.1 cm³/mol. The van der Waals surface area contributed by atoms with Gasteiger partial charge in [-0.2, -0.15) is 0 Å². The van der Waals surface area contributed by atoms with Crippen LogP contribution in [0.15, 0.2) is 24.3 Å². The second kappa shape index (κ2) is 6.23. The molecule has 0 atom stereocenters. The minimum atomic E-state index is -0.512. The van der Waals surface area contributed by atoms with Crippen molar-refractivity contribution in [2.45, 2.75) is 26.4 Å². The second-order valence-electron chi connectivity index (χ2n) is 4.73. The molecule has 0 aliphatic heterocycles. The van der Waals surface area contributed by atoms with Gasteiger partial charge in [0.05, 0.1) is 6.54 Å². The number of nitrogens with one attached hydrogen (secondary N) is 1. The third kappa shape index (κ3) is 6.08. The molecule has 0 unspecified atom stereocenters. The van der Waals surface area contributed by atoms with E-state index in [0.717, 1.165) is 0 Å². The summed E-state index contributed by atoms with van der Waals surface area (Å²) < 4.78 is 23.0. The number of alkyl carbamates (subject to hydrolysis) is 1. The van der Waals surface area contributed by atoms with Gasteiger partial charge < -0.3 is 14.8 Å². The molecule has 5 heteroatoms. The molecule has 0 aliphatic carbocycles. The normalized spacial score (nSPS) is 10.9. The molecule has 0 radical (unpaired) electrons. The molecular formula is C13H18FNO3. The first kappa shape index (κ1) is 14.3. The SMILES string of the molecule is CC(C)(C)OC(=O)NCCOc1ccc(F)cc1. The van der Waals surface area contributed by atoms with Crippen molar-refractivity contribution in [3.63, 3.8) is 0 Å². The summed E-state index contributed by atoms with van der Waals surface area (Å²) >= 11 is 0. The zero-order chi connectivity index (χ0) is 13.6. The van der Waals surface area contributed by atoms with Crippen LogP contribution in [0.2, 0.25) is 0 Å². The van der Waals surface area contributed by atoms with Gasteiger partial charge in [-0.05, 0) is 45.0 Å². The van der Waals surface area contributed by atoms with Crippen molar-refractivity contribution < 1.29 is 18.7 Å². The Morgan fingerprint density at radius 2 is 1.89 bits per heavy atom. The lowest BCUT2D eigenvalue weighted by molar-refractivity contribution is 0.0520. The van der Waals surface area contributed by atoms with E-state index in [9.17, 15) is 9.18 Å². The van der Waals surface area contributed by atoms with E-state index in [-0.39, 0.29) is 5.82 Å². The van der Waals surface area contributed by atoms with Gasteiger partial charge in [0.25, 0.3) is 0 Å². The number of hydrogen-bond donors (Lipinski definition) is 1. The Morgan fingerprint density at radius 3 is 2.44 bits per heavy atom. The van der Waals surface area contributed by atoms with Crippen LogP contribution in [0.4, 0.5) is 9.18 Å². The van der Waals surface area contributed by atoms with E-state index in [1.54, 1.807) is 20.8 Å². The first-order chi connectivity index (χ1) is 8.37. The van der Waals surface area contributed by atoms with Crippen molar-refractivity contribution in [1.82, 2.24) is 5.32 Å². The standard InChI is InChI=1S/C13H18FNO3/c1-13(2,3)18-12(16)15-8-9-17-11-6-4-10(14)5-7-11/h4-7H,8-9H2,1-3H3,(H,15,16). The van der Waals surface area contributed by atoms with Crippen molar-refractivity contribution in [2.24, 2.45) is 0 Å². The van der Waals surface area contributed by atoms with Crippen LogP contribution in [0.25, 0.3) is 0 Å². The highest BCUT2D eigenvalue weighted by Crippen LogP contribution is 2.10. The van der Waals surface area contributed by atoms with Gasteiger partial charge in [0.1, 0.15) is 23.8 Å². The molecule has 1 rings (SSSR count). The number of halogens is 1. The molecule has 0 spiro atoms. The first-order valence-electron chi connectivity index (χ1n) is 5.72. The summed E-state index contributed by atoms with van der Waals surface area (Å²) in [4.78, 5) is 11.3. The van der Waals surface area contributed by atoms with E-state index in [2.05, 4.69) is 5.32 Å². The number of hydrogen-bond acceptors (Lipinski definition) is 3. The summed E-state index contributed by atoms with van der Waals surface area (Å²) in [5.74, 6) is 0.247. The van der Waals surface area contributed by atoms with Crippen LogP contribution in [0, 0.1) is 5.82 Å². The fraction of sp³-hybridized carbons (Fsp3) is 0.462. The lowest BCUT2D eigenvalue weighted by Crippen LogP contribution is -2.34. The summed E-state index contributed by atoms with van der Waals surface area (Å²) in [5.41, 5.74) is -0.512.